The number of aliphatic hydroxyl groups is 1. The average Bonchev–Trinajstić information content (AvgIpc) is 2.92. The number of carbonyl (C=O) groups excluding carboxylic acids is 1. The van der Waals surface area contributed by atoms with Crippen molar-refractivity contribution >= 4 is 6.03 Å². The van der Waals surface area contributed by atoms with Crippen molar-refractivity contribution in [2.24, 2.45) is 5.92 Å². The number of aliphatic hydroxyl groups excluding tert-OH is 1. The van der Waals surface area contributed by atoms with Crippen molar-refractivity contribution in [1.82, 2.24) is 15.2 Å². The van der Waals surface area contributed by atoms with Crippen LogP contribution in [0.4, 0.5) is 4.79 Å². The van der Waals surface area contributed by atoms with Gasteiger partial charge in [-0.1, -0.05) is 25.8 Å². The molecule has 1 fully saturated rings. The van der Waals surface area contributed by atoms with E-state index in [0.29, 0.717) is 6.54 Å². The van der Waals surface area contributed by atoms with Crippen molar-refractivity contribution in [2.45, 2.75) is 51.2 Å². The van der Waals surface area contributed by atoms with Gasteiger partial charge in [0.2, 0.25) is 0 Å². The summed E-state index contributed by atoms with van der Waals surface area (Å²) < 4.78 is 0. The maximum absolute atomic E-state index is 12.4. The Morgan fingerprint density at radius 2 is 2.32 bits per heavy atom. The third-order valence-corrected chi connectivity index (χ3v) is 4.39. The number of nitrogens with zero attached hydrogens (tertiary/aromatic N) is 2. The number of urea groups is 1. The van der Waals surface area contributed by atoms with E-state index in [9.17, 15) is 9.90 Å². The second-order valence-corrected chi connectivity index (χ2v) is 6.18. The zero-order valence-corrected chi connectivity index (χ0v) is 13.5. The Balaban J connectivity index is 1.92. The van der Waals surface area contributed by atoms with Crippen LogP contribution in [0.3, 0.4) is 0 Å². The molecule has 3 atom stereocenters. The van der Waals surface area contributed by atoms with Gasteiger partial charge in [-0.05, 0) is 31.4 Å². The third-order valence-electron chi connectivity index (χ3n) is 4.39. The van der Waals surface area contributed by atoms with E-state index in [0.717, 1.165) is 37.8 Å². The maximum Gasteiger partial charge on any atom is 0.317 e. The number of hydrogen-bond donors (Lipinski definition) is 2. The normalized spacial score (nSPS) is 22.3. The highest BCUT2D eigenvalue weighted by Crippen LogP contribution is 2.26. The predicted molar refractivity (Wildman–Crippen MR) is 86.4 cm³/mol. The lowest BCUT2D eigenvalue weighted by Crippen LogP contribution is -2.42. The van der Waals surface area contributed by atoms with Gasteiger partial charge >= 0.3 is 6.03 Å². The van der Waals surface area contributed by atoms with Gasteiger partial charge in [0, 0.05) is 25.7 Å². The fraction of sp³-hybridized carbons (Fsp3) is 0.647. The largest absolute Gasteiger partial charge is 0.393 e. The number of pyridine rings is 1. The standard InChI is InChI=1S/C17H27N3O2/c1-3-7-15(14-9-4-5-11-18-14)19-17(22)20(2)12-13-8-6-10-16(13)21/h4-5,9,11,13,15-16,21H,3,6-8,10,12H2,1-2H3,(H,19,22)/t13-,15+,16-/m1/s1. The molecular weight excluding hydrogens is 278 g/mol. The summed E-state index contributed by atoms with van der Waals surface area (Å²) >= 11 is 0. The van der Waals surface area contributed by atoms with Crippen molar-refractivity contribution in [3.8, 4) is 0 Å². The molecule has 2 N–H and O–H groups in total. The van der Waals surface area contributed by atoms with Crippen molar-refractivity contribution in [3.05, 3.63) is 30.1 Å². The molecule has 5 nitrogen and oxygen atoms in total. The van der Waals surface area contributed by atoms with Crippen LogP contribution in [0.2, 0.25) is 0 Å². The molecule has 5 heteroatoms. The smallest absolute Gasteiger partial charge is 0.317 e. The van der Waals surface area contributed by atoms with E-state index in [1.54, 1.807) is 18.1 Å². The van der Waals surface area contributed by atoms with Crippen LogP contribution >= 0.6 is 0 Å². The van der Waals surface area contributed by atoms with Crippen LogP contribution in [0.15, 0.2) is 24.4 Å². The van der Waals surface area contributed by atoms with Crippen molar-refractivity contribution in [2.75, 3.05) is 13.6 Å². The van der Waals surface area contributed by atoms with Crippen LogP contribution in [0.1, 0.15) is 50.8 Å². The summed E-state index contributed by atoms with van der Waals surface area (Å²) in [4.78, 5) is 18.4. The first-order valence-electron chi connectivity index (χ1n) is 8.22. The molecule has 0 radical (unpaired) electrons. The van der Waals surface area contributed by atoms with Crippen molar-refractivity contribution in [3.63, 3.8) is 0 Å². The summed E-state index contributed by atoms with van der Waals surface area (Å²) in [6.45, 7) is 2.70. The number of carbonyl (C=O) groups is 1. The van der Waals surface area contributed by atoms with Gasteiger partial charge in [-0.2, -0.15) is 0 Å². The highest BCUT2D eigenvalue weighted by atomic mass is 16.3. The van der Waals surface area contributed by atoms with E-state index in [-0.39, 0.29) is 24.1 Å². The quantitative estimate of drug-likeness (QED) is 0.849. The second-order valence-electron chi connectivity index (χ2n) is 6.18. The Morgan fingerprint density at radius 3 is 2.91 bits per heavy atom. The SMILES string of the molecule is CCC[C@H](NC(=O)N(C)C[C@H]1CCC[C@H]1O)c1ccccn1. The molecule has 1 heterocycles. The number of hydrogen-bond acceptors (Lipinski definition) is 3. The molecule has 0 aromatic carbocycles. The van der Waals surface area contributed by atoms with E-state index in [2.05, 4.69) is 17.2 Å². The molecule has 1 aliphatic rings. The van der Waals surface area contributed by atoms with Gasteiger partial charge in [-0.15, -0.1) is 0 Å². The van der Waals surface area contributed by atoms with Crippen LogP contribution in [-0.2, 0) is 0 Å². The lowest BCUT2D eigenvalue weighted by Gasteiger charge is -2.26. The van der Waals surface area contributed by atoms with Crippen LogP contribution in [0.25, 0.3) is 0 Å². The zero-order valence-electron chi connectivity index (χ0n) is 13.5. The van der Waals surface area contributed by atoms with Gasteiger partial charge in [-0.25, -0.2) is 4.79 Å². The summed E-state index contributed by atoms with van der Waals surface area (Å²) in [5, 5.41) is 13.0. The van der Waals surface area contributed by atoms with E-state index in [1.807, 2.05) is 18.2 Å². The molecule has 2 amide bonds. The van der Waals surface area contributed by atoms with Crippen molar-refractivity contribution < 1.29 is 9.90 Å². The third kappa shape index (κ3) is 4.44. The molecule has 0 aliphatic heterocycles. The van der Waals surface area contributed by atoms with Gasteiger partial charge in [0.15, 0.2) is 0 Å². The number of aromatic nitrogens is 1. The number of amides is 2. The summed E-state index contributed by atoms with van der Waals surface area (Å²) in [7, 11) is 1.79. The van der Waals surface area contributed by atoms with Gasteiger partial charge in [-0.3, -0.25) is 4.98 Å². The van der Waals surface area contributed by atoms with Crippen LogP contribution < -0.4 is 5.32 Å². The first-order chi connectivity index (χ1) is 10.6. The minimum Gasteiger partial charge on any atom is -0.393 e. The Morgan fingerprint density at radius 1 is 1.50 bits per heavy atom. The van der Waals surface area contributed by atoms with Gasteiger partial charge in [0.25, 0.3) is 0 Å². The molecule has 22 heavy (non-hydrogen) atoms. The Kier molecular flexibility index (Phi) is 6.19. The molecular formula is C17H27N3O2. The topological polar surface area (TPSA) is 65.5 Å². The molecule has 0 bridgehead atoms. The molecule has 1 aromatic heterocycles. The average molecular weight is 305 g/mol. The molecule has 122 valence electrons. The number of nitrogens with one attached hydrogen (secondary N) is 1. The monoisotopic (exact) mass is 305 g/mol. The van der Waals surface area contributed by atoms with E-state index in [1.165, 1.54) is 0 Å². The summed E-state index contributed by atoms with van der Waals surface area (Å²) in [5.41, 5.74) is 0.895. The van der Waals surface area contributed by atoms with Gasteiger partial charge < -0.3 is 15.3 Å². The molecule has 0 saturated heterocycles. The molecule has 1 aliphatic carbocycles. The first-order valence-corrected chi connectivity index (χ1v) is 8.22. The Bertz CT molecular complexity index is 466. The summed E-state index contributed by atoms with van der Waals surface area (Å²) in [6.07, 6.45) is 6.23. The lowest BCUT2D eigenvalue weighted by molar-refractivity contribution is 0.113. The lowest BCUT2D eigenvalue weighted by atomic mass is 10.1. The first kappa shape index (κ1) is 16.7. The Labute approximate surface area is 132 Å². The highest BCUT2D eigenvalue weighted by molar-refractivity contribution is 5.74. The van der Waals surface area contributed by atoms with Crippen LogP contribution in [-0.4, -0.2) is 40.7 Å². The van der Waals surface area contributed by atoms with Gasteiger partial charge in [0.1, 0.15) is 0 Å². The van der Waals surface area contributed by atoms with Crippen LogP contribution in [0.5, 0.6) is 0 Å². The maximum atomic E-state index is 12.4. The second kappa shape index (κ2) is 8.13. The minimum absolute atomic E-state index is 0.0605. The zero-order chi connectivity index (χ0) is 15.9. The molecule has 2 rings (SSSR count). The molecule has 0 unspecified atom stereocenters. The predicted octanol–water partition coefficient (Wildman–Crippen LogP) is 2.73. The molecule has 1 aromatic rings. The Hall–Kier alpha value is -1.62. The van der Waals surface area contributed by atoms with E-state index < -0.39 is 0 Å². The van der Waals surface area contributed by atoms with Crippen LogP contribution in [0, 0.1) is 5.92 Å². The number of rotatable bonds is 6. The van der Waals surface area contributed by atoms with E-state index >= 15 is 0 Å². The summed E-state index contributed by atoms with van der Waals surface area (Å²) in [5.74, 6) is 0.204. The van der Waals surface area contributed by atoms with E-state index in [4.69, 9.17) is 0 Å². The fourth-order valence-corrected chi connectivity index (χ4v) is 3.09. The minimum atomic E-state index is -0.266. The molecule has 1 saturated carbocycles. The molecule has 0 spiro atoms. The summed E-state index contributed by atoms with van der Waals surface area (Å²) in [6, 6.07) is 5.61. The van der Waals surface area contributed by atoms with Crippen molar-refractivity contribution in [1.29, 1.82) is 0 Å². The fourth-order valence-electron chi connectivity index (χ4n) is 3.09. The highest BCUT2D eigenvalue weighted by Gasteiger charge is 2.28. The van der Waals surface area contributed by atoms with Gasteiger partial charge in [0.05, 0.1) is 17.8 Å².